The summed E-state index contributed by atoms with van der Waals surface area (Å²) in [5, 5.41) is 9.89. The predicted molar refractivity (Wildman–Crippen MR) is 77.7 cm³/mol. The molecular weight excluding hydrogens is 284 g/mol. The normalized spacial score (nSPS) is 20.2. The molecule has 0 radical (unpaired) electrons. The van der Waals surface area contributed by atoms with Gasteiger partial charge in [-0.15, -0.1) is 0 Å². The van der Waals surface area contributed by atoms with E-state index in [1.807, 2.05) is 30.3 Å². The minimum atomic E-state index is -0.370. The monoisotopic (exact) mass is 302 g/mol. The Morgan fingerprint density at radius 3 is 2.82 bits per heavy atom. The second-order valence-electron chi connectivity index (χ2n) is 5.30. The first-order valence-corrected chi connectivity index (χ1v) is 7.25. The van der Waals surface area contributed by atoms with Crippen LogP contribution in [0.4, 0.5) is 4.79 Å². The van der Waals surface area contributed by atoms with Crippen LogP contribution in [0.5, 0.6) is 0 Å². The molecule has 1 heterocycles. The Kier molecular flexibility index (Phi) is 4.65. The number of carbonyl (C=O) groups is 1. The maximum atomic E-state index is 11.7. The molecule has 1 aliphatic rings. The maximum absolute atomic E-state index is 11.7. The Balaban J connectivity index is 1.29. The molecule has 7 nitrogen and oxygen atoms in total. The lowest BCUT2D eigenvalue weighted by atomic mass is 9.87. The number of nitrogens with one attached hydrogen (secondary N) is 2. The molecule has 0 unspecified atom stereocenters. The van der Waals surface area contributed by atoms with Crippen molar-refractivity contribution >= 4 is 6.09 Å². The molecule has 3 rings (SSSR count). The Morgan fingerprint density at radius 2 is 2.09 bits per heavy atom. The largest absolute Gasteiger partial charge is 0.445 e. The number of rotatable bonds is 6. The Hall–Kier alpha value is -2.41. The fourth-order valence-electron chi connectivity index (χ4n) is 2.34. The molecule has 2 aromatic rings. The highest BCUT2D eigenvalue weighted by atomic mass is 16.5. The molecule has 0 spiro atoms. The van der Waals surface area contributed by atoms with Gasteiger partial charge in [0.1, 0.15) is 6.61 Å². The molecule has 0 bridgehead atoms. The summed E-state index contributed by atoms with van der Waals surface area (Å²) in [6.45, 7) is 0.866. The van der Waals surface area contributed by atoms with E-state index < -0.39 is 0 Å². The number of hydrogen-bond acceptors (Lipinski definition) is 6. The highest BCUT2D eigenvalue weighted by Gasteiger charge is 2.30. The van der Waals surface area contributed by atoms with Crippen LogP contribution < -0.4 is 10.6 Å². The van der Waals surface area contributed by atoms with Crippen molar-refractivity contribution in [1.82, 2.24) is 20.8 Å². The molecular formula is C15H18N4O3. The summed E-state index contributed by atoms with van der Waals surface area (Å²) in [5.41, 5.74) is 0.978. The van der Waals surface area contributed by atoms with Crippen LogP contribution in [0.2, 0.25) is 0 Å². The molecule has 1 amide bonds. The SMILES string of the molecule is O=C(NC1CC(NCc2ncon2)C1)OCc1ccccc1. The van der Waals surface area contributed by atoms with E-state index in [0.717, 1.165) is 18.4 Å². The summed E-state index contributed by atoms with van der Waals surface area (Å²) in [7, 11) is 0. The summed E-state index contributed by atoms with van der Waals surface area (Å²) in [6, 6.07) is 10.1. The molecule has 1 aliphatic carbocycles. The molecule has 1 fully saturated rings. The van der Waals surface area contributed by atoms with Gasteiger partial charge in [0.2, 0.25) is 6.39 Å². The van der Waals surface area contributed by atoms with Gasteiger partial charge in [-0.25, -0.2) is 4.79 Å². The molecule has 0 aliphatic heterocycles. The summed E-state index contributed by atoms with van der Waals surface area (Å²) in [6.07, 6.45) is 2.69. The number of nitrogens with zero attached hydrogens (tertiary/aromatic N) is 2. The predicted octanol–water partition coefficient (Wildman–Crippen LogP) is 1.62. The molecule has 1 aromatic carbocycles. The Labute approximate surface area is 128 Å². The molecule has 22 heavy (non-hydrogen) atoms. The van der Waals surface area contributed by atoms with E-state index in [-0.39, 0.29) is 12.1 Å². The van der Waals surface area contributed by atoms with Crippen molar-refractivity contribution in [3.8, 4) is 0 Å². The average Bonchev–Trinajstić information content (AvgIpc) is 3.01. The van der Waals surface area contributed by atoms with Crippen molar-refractivity contribution in [2.45, 2.75) is 38.1 Å². The van der Waals surface area contributed by atoms with Crippen LogP contribution in [0.25, 0.3) is 0 Å². The van der Waals surface area contributed by atoms with Gasteiger partial charge in [0, 0.05) is 12.1 Å². The Bertz CT molecular complexity index is 582. The van der Waals surface area contributed by atoms with Crippen molar-refractivity contribution in [3.05, 3.63) is 48.1 Å². The summed E-state index contributed by atoms with van der Waals surface area (Å²) in [5.74, 6) is 0.638. The summed E-state index contributed by atoms with van der Waals surface area (Å²) in [4.78, 5) is 15.6. The average molecular weight is 302 g/mol. The third kappa shape index (κ3) is 4.05. The van der Waals surface area contributed by atoms with E-state index in [0.29, 0.717) is 25.0 Å². The number of benzene rings is 1. The lowest BCUT2D eigenvalue weighted by Gasteiger charge is -2.35. The van der Waals surface area contributed by atoms with Gasteiger partial charge in [0.25, 0.3) is 0 Å². The minimum Gasteiger partial charge on any atom is -0.445 e. The summed E-state index contributed by atoms with van der Waals surface area (Å²) >= 11 is 0. The van der Waals surface area contributed by atoms with E-state index >= 15 is 0 Å². The van der Waals surface area contributed by atoms with E-state index in [9.17, 15) is 4.79 Å². The molecule has 7 heteroatoms. The second-order valence-corrected chi connectivity index (χ2v) is 5.30. The number of carbonyl (C=O) groups excluding carboxylic acids is 1. The molecule has 1 aromatic heterocycles. The van der Waals surface area contributed by atoms with Crippen molar-refractivity contribution in [1.29, 1.82) is 0 Å². The first-order valence-electron chi connectivity index (χ1n) is 7.25. The molecule has 0 saturated heterocycles. The number of hydrogen-bond donors (Lipinski definition) is 2. The van der Waals surface area contributed by atoms with Crippen LogP contribution in [0.1, 0.15) is 24.2 Å². The fraction of sp³-hybridized carbons (Fsp3) is 0.400. The van der Waals surface area contributed by atoms with Gasteiger partial charge in [0.05, 0.1) is 6.54 Å². The van der Waals surface area contributed by atoms with Crippen molar-refractivity contribution < 1.29 is 14.1 Å². The Morgan fingerprint density at radius 1 is 1.27 bits per heavy atom. The van der Waals surface area contributed by atoms with Gasteiger partial charge in [-0.05, 0) is 18.4 Å². The summed E-state index contributed by atoms with van der Waals surface area (Å²) < 4.78 is 9.85. The van der Waals surface area contributed by atoms with Gasteiger partial charge >= 0.3 is 6.09 Å². The van der Waals surface area contributed by atoms with Crippen LogP contribution in [-0.2, 0) is 17.9 Å². The zero-order chi connectivity index (χ0) is 15.2. The van der Waals surface area contributed by atoms with Gasteiger partial charge in [-0.3, -0.25) is 0 Å². The van der Waals surface area contributed by atoms with Crippen molar-refractivity contribution in [2.75, 3.05) is 0 Å². The first kappa shape index (κ1) is 14.5. The third-order valence-electron chi connectivity index (χ3n) is 3.63. The van der Waals surface area contributed by atoms with Gasteiger partial charge in [-0.2, -0.15) is 4.98 Å². The van der Waals surface area contributed by atoms with Crippen molar-refractivity contribution in [3.63, 3.8) is 0 Å². The molecule has 0 atom stereocenters. The molecule has 1 saturated carbocycles. The van der Waals surface area contributed by atoms with E-state index in [4.69, 9.17) is 4.74 Å². The number of aromatic nitrogens is 2. The number of ether oxygens (including phenoxy) is 1. The van der Waals surface area contributed by atoms with Crippen LogP contribution >= 0.6 is 0 Å². The topological polar surface area (TPSA) is 89.3 Å². The first-order chi connectivity index (χ1) is 10.8. The quantitative estimate of drug-likeness (QED) is 0.843. The minimum absolute atomic E-state index is 0.158. The van der Waals surface area contributed by atoms with Crippen molar-refractivity contribution in [2.24, 2.45) is 0 Å². The van der Waals surface area contributed by atoms with Gasteiger partial charge < -0.3 is 19.9 Å². The van der Waals surface area contributed by atoms with Crippen LogP contribution in [-0.4, -0.2) is 28.3 Å². The smallest absolute Gasteiger partial charge is 0.407 e. The fourth-order valence-corrected chi connectivity index (χ4v) is 2.34. The standard InChI is InChI=1S/C15H18N4O3/c20-15(21-9-11-4-2-1-3-5-11)18-13-6-12(7-13)16-8-14-17-10-22-19-14/h1-5,10,12-13,16H,6-9H2,(H,18,20). The zero-order valence-electron chi connectivity index (χ0n) is 12.1. The highest BCUT2D eigenvalue weighted by Crippen LogP contribution is 2.20. The van der Waals surface area contributed by atoms with Crippen LogP contribution in [0, 0.1) is 0 Å². The third-order valence-corrected chi connectivity index (χ3v) is 3.63. The van der Waals surface area contributed by atoms with Gasteiger partial charge in [-0.1, -0.05) is 35.5 Å². The second kappa shape index (κ2) is 7.04. The van der Waals surface area contributed by atoms with E-state index in [1.54, 1.807) is 0 Å². The number of alkyl carbamates (subject to hydrolysis) is 1. The number of amides is 1. The lowest BCUT2D eigenvalue weighted by molar-refractivity contribution is 0.125. The highest BCUT2D eigenvalue weighted by molar-refractivity contribution is 5.67. The lowest BCUT2D eigenvalue weighted by Crippen LogP contribution is -2.52. The van der Waals surface area contributed by atoms with E-state index in [2.05, 4.69) is 25.3 Å². The molecule has 116 valence electrons. The van der Waals surface area contributed by atoms with Gasteiger partial charge in [0.15, 0.2) is 5.82 Å². The zero-order valence-corrected chi connectivity index (χ0v) is 12.1. The maximum Gasteiger partial charge on any atom is 0.407 e. The molecule has 2 N–H and O–H groups in total. The van der Waals surface area contributed by atoms with E-state index in [1.165, 1.54) is 6.39 Å². The van der Waals surface area contributed by atoms with Crippen LogP contribution in [0.15, 0.2) is 41.2 Å². The van der Waals surface area contributed by atoms with Crippen LogP contribution in [0.3, 0.4) is 0 Å².